The fourth-order valence-corrected chi connectivity index (χ4v) is 1.05. The average Bonchev–Trinajstić information content (AvgIpc) is 1.86. The first-order valence-electron chi connectivity index (χ1n) is 2.99. The van der Waals surface area contributed by atoms with Crippen LogP contribution in [0.4, 0.5) is 0 Å². The number of rotatable bonds is 0. The fourth-order valence-electron chi connectivity index (χ4n) is 1.05. The van der Waals surface area contributed by atoms with Crippen molar-refractivity contribution in [3.8, 4) is 0 Å². The van der Waals surface area contributed by atoms with Gasteiger partial charge in [0.1, 0.15) is 0 Å². The van der Waals surface area contributed by atoms with Gasteiger partial charge in [0.05, 0.1) is 27.1 Å². The van der Waals surface area contributed by atoms with Crippen LogP contribution in [0.2, 0.25) is 0 Å². The van der Waals surface area contributed by atoms with Crippen molar-refractivity contribution < 1.29 is 26.3 Å². The van der Waals surface area contributed by atoms with Crippen LogP contribution in [0.1, 0.15) is 12.8 Å². The average molecular weight is 194 g/mol. The Labute approximate surface area is 66.2 Å². The van der Waals surface area contributed by atoms with Gasteiger partial charge in [0.25, 0.3) is 0 Å². The SMILES string of the molecule is C[N+]1(C)CCCC1=O.[Br-]. The van der Waals surface area contributed by atoms with Crippen LogP contribution < -0.4 is 17.0 Å². The molecule has 1 aliphatic rings. The Bertz CT molecular complexity index is 122. The second-order valence-corrected chi connectivity index (χ2v) is 2.91. The van der Waals surface area contributed by atoms with E-state index in [2.05, 4.69) is 0 Å². The number of carbonyl (C=O) groups is 1. The van der Waals surface area contributed by atoms with E-state index in [0.29, 0.717) is 10.4 Å². The molecule has 0 N–H and O–H groups in total. The van der Waals surface area contributed by atoms with E-state index in [9.17, 15) is 4.79 Å². The molecule has 0 bridgehead atoms. The highest BCUT2D eigenvalue weighted by Crippen LogP contribution is 2.13. The lowest BCUT2D eigenvalue weighted by Crippen LogP contribution is -3.00. The predicted molar refractivity (Wildman–Crippen MR) is 31.2 cm³/mol. The summed E-state index contributed by atoms with van der Waals surface area (Å²) in [7, 11) is 3.94. The Morgan fingerprint density at radius 1 is 1.44 bits per heavy atom. The van der Waals surface area contributed by atoms with Crippen molar-refractivity contribution in [1.29, 1.82) is 0 Å². The Kier molecular flexibility index (Phi) is 2.83. The molecule has 0 spiro atoms. The van der Waals surface area contributed by atoms with Gasteiger partial charge in [0.15, 0.2) is 0 Å². The van der Waals surface area contributed by atoms with E-state index in [-0.39, 0.29) is 17.0 Å². The maximum absolute atomic E-state index is 10.9. The maximum atomic E-state index is 10.9. The summed E-state index contributed by atoms with van der Waals surface area (Å²) in [5.74, 6) is 0.380. The largest absolute Gasteiger partial charge is 1.00 e. The molecule has 3 heteroatoms. The van der Waals surface area contributed by atoms with Crippen molar-refractivity contribution in [1.82, 2.24) is 0 Å². The summed E-state index contributed by atoms with van der Waals surface area (Å²) in [6, 6.07) is 0. The summed E-state index contributed by atoms with van der Waals surface area (Å²) < 4.78 is 0.597. The fraction of sp³-hybridized carbons (Fsp3) is 0.833. The van der Waals surface area contributed by atoms with Crippen LogP contribution in [0.5, 0.6) is 0 Å². The van der Waals surface area contributed by atoms with E-state index in [1.807, 2.05) is 14.1 Å². The number of quaternary nitrogens is 1. The van der Waals surface area contributed by atoms with Gasteiger partial charge in [-0.1, -0.05) is 0 Å². The second-order valence-electron chi connectivity index (χ2n) is 2.91. The van der Waals surface area contributed by atoms with Crippen LogP contribution in [0.3, 0.4) is 0 Å². The smallest absolute Gasteiger partial charge is 0.313 e. The van der Waals surface area contributed by atoms with E-state index < -0.39 is 0 Å². The third kappa shape index (κ3) is 1.76. The summed E-state index contributed by atoms with van der Waals surface area (Å²) in [5.41, 5.74) is 0. The number of nitrogens with zero attached hydrogens (tertiary/aromatic N) is 1. The molecular weight excluding hydrogens is 182 g/mol. The molecule has 0 unspecified atom stereocenters. The maximum Gasteiger partial charge on any atom is 0.313 e. The number of halogens is 1. The van der Waals surface area contributed by atoms with Gasteiger partial charge in [0.2, 0.25) is 0 Å². The van der Waals surface area contributed by atoms with E-state index in [0.717, 1.165) is 19.4 Å². The Hall–Kier alpha value is 0.110. The van der Waals surface area contributed by atoms with Gasteiger partial charge in [-0.05, 0) is 0 Å². The molecule has 1 saturated heterocycles. The molecule has 54 valence electrons. The Morgan fingerprint density at radius 2 is 2.00 bits per heavy atom. The molecular formula is C6H12BrNO. The number of hydrogen-bond donors (Lipinski definition) is 0. The van der Waals surface area contributed by atoms with Gasteiger partial charge >= 0.3 is 5.91 Å². The molecule has 1 heterocycles. The highest BCUT2D eigenvalue weighted by atomic mass is 79.9. The van der Waals surface area contributed by atoms with Crippen molar-refractivity contribution in [2.24, 2.45) is 0 Å². The first-order chi connectivity index (χ1) is 3.63. The minimum Gasteiger partial charge on any atom is -1.00 e. The number of carbonyl (C=O) groups excluding carboxylic acids is 1. The van der Waals surface area contributed by atoms with Crippen molar-refractivity contribution in [3.05, 3.63) is 0 Å². The van der Waals surface area contributed by atoms with Crippen LogP contribution in [0.25, 0.3) is 0 Å². The molecule has 0 aromatic carbocycles. The number of hydrogen-bond acceptors (Lipinski definition) is 1. The van der Waals surface area contributed by atoms with Gasteiger partial charge in [-0.3, -0.25) is 4.48 Å². The first-order valence-corrected chi connectivity index (χ1v) is 2.99. The highest BCUT2D eigenvalue weighted by molar-refractivity contribution is 5.70. The van der Waals surface area contributed by atoms with E-state index in [1.165, 1.54) is 0 Å². The first kappa shape index (κ1) is 9.11. The molecule has 0 saturated carbocycles. The van der Waals surface area contributed by atoms with Crippen molar-refractivity contribution >= 4 is 5.91 Å². The van der Waals surface area contributed by atoms with E-state index in [1.54, 1.807) is 0 Å². The quantitative estimate of drug-likeness (QED) is 0.386. The second kappa shape index (κ2) is 2.80. The molecule has 1 rings (SSSR count). The number of amides is 1. The van der Waals surface area contributed by atoms with Crippen molar-refractivity contribution in [2.45, 2.75) is 12.8 Å². The lowest BCUT2D eigenvalue weighted by molar-refractivity contribution is -0.804. The standard InChI is InChI=1S/C6H12NO.BrH/c1-7(2)5-3-4-6(7)8;/h3-5H2,1-2H3;1H/q+1;/p-1. The minimum atomic E-state index is 0. The zero-order chi connectivity index (χ0) is 6.20. The summed E-state index contributed by atoms with van der Waals surface area (Å²) >= 11 is 0. The summed E-state index contributed by atoms with van der Waals surface area (Å²) in [6.07, 6.45) is 1.86. The van der Waals surface area contributed by atoms with Crippen LogP contribution in [0, 0.1) is 0 Å². The molecule has 1 fully saturated rings. The van der Waals surface area contributed by atoms with Crippen LogP contribution in [-0.4, -0.2) is 31.0 Å². The molecule has 0 radical (unpaired) electrons. The molecule has 0 aliphatic carbocycles. The molecule has 0 aromatic rings. The van der Waals surface area contributed by atoms with Crippen LogP contribution >= 0.6 is 0 Å². The molecule has 9 heavy (non-hydrogen) atoms. The normalized spacial score (nSPS) is 23.6. The Balaban J connectivity index is 0.000000640. The topological polar surface area (TPSA) is 17.1 Å². The third-order valence-corrected chi connectivity index (χ3v) is 1.78. The van der Waals surface area contributed by atoms with Gasteiger partial charge in [-0.2, -0.15) is 0 Å². The van der Waals surface area contributed by atoms with Gasteiger partial charge in [0, 0.05) is 6.42 Å². The highest BCUT2D eigenvalue weighted by Gasteiger charge is 2.31. The molecule has 0 aromatic heterocycles. The summed E-state index contributed by atoms with van der Waals surface area (Å²) in [6.45, 7) is 1.03. The molecule has 0 atom stereocenters. The zero-order valence-electron chi connectivity index (χ0n) is 5.85. The van der Waals surface area contributed by atoms with Crippen LogP contribution in [0.15, 0.2) is 0 Å². The van der Waals surface area contributed by atoms with Gasteiger partial charge in [-0.15, -0.1) is 0 Å². The summed E-state index contributed by atoms with van der Waals surface area (Å²) in [4.78, 5) is 10.9. The minimum absolute atomic E-state index is 0. The molecule has 1 aliphatic heterocycles. The lowest BCUT2D eigenvalue weighted by atomic mass is 10.4. The predicted octanol–water partition coefficient (Wildman–Crippen LogP) is -2.61. The van der Waals surface area contributed by atoms with Gasteiger partial charge in [-0.25, -0.2) is 4.79 Å². The van der Waals surface area contributed by atoms with Gasteiger partial charge < -0.3 is 17.0 Å². The number of likely N-dealkylation sites (tertiary alicyclic amines) is 1. The van der Waals surface area contributed by atoms with Crippen molar-refractivity contribution in [2.75, 3.05) is 20.6 Å². The van der Waals surface area contributed by atoms with E-state index in [4.69, 9.17) is 0 Å². The zero-order valence-corrected chi connectivity index (χ0v) is 7.44. The molecule has 1 amide bonds. The summed E-state index contributed by atoms with van der Waals surface area (Å²) in [5, 5.41) is 0. The lowest BCUT2D eigenvalue weighted by Gasteiger charge is -2.18. The van der Waals surface area contributed by atoms with Crippen molar-refractivity contribution in [3.63, 3.8) is 0 Å². The Morgan fingerprint density at radius 3 is 2.11 bits per heavy atom. The van der Waals surface area contributed by atoms with E-state index >= 15 is 0 Å². The molecule has 2 nitrogen and oxygen atoms in total. The van der Waals surface area contributed by atoms with Crippen LogP contribution in [-0.2, 0) is 4.79 Å². The third-order valence-electron chi connectivity index (χ3n) is 1.78. The monoisotopic (exact) mass is 193 g/mol.